The van der Waals surface area contributed by atoms with E-state index < -0.39 is 0 Å². The molecular weight excluding hydrogens is 308 g/mol. The summed E-state index contributed by atoms with van der Waals surface area (Å²) in [4.78, 5) is 10.4. The van der Waals surface area contributed by atoms with Crippen LogP contribution in [0, 0.1) is 17.0 Å². The minimum atomic E-state index is -0.378. The summed E-state index contributed by atoms with van der Waals surface area (Å²) in [5, 5.41) is 14.0. The predicted octanol–water partition coefficient (Wildman–Crippen LogP) is 4.28. The van der Waals surface area contributed by atoms with E-state index in [4.69, 9.17) is 0 Å². The van der Waals surface area contributed by atoms with E-state index in [1.54, 1.807) is 12.1 Å². The van der Waals surface area contributed by atoms with Gasteiger partial charge in [0.05, 0.1) is 4.92 Å². The van der Waals surface area contributed by atoms with Crippen LogP contribution in [-0.2, 0) is 6.54 Å². The van der Waals surface area contributed by atoms with Crippen molar-refractivity contribution < 1.29 is 4.92 Å². The van der Waals surface area contributed by atoms with Crippen molar-refractivity contribution in [1.29, 1.82) is 0 Å². The Balaban J connectivity index is 2.13. The molecule has 0 heterocycles. The number of rotatable bonds is 4. The van der Waals surface area contributed by atoms with Gasteiger partial charge in [-0.2, -0.15) is 0 Å². The molecule has 0 aliphatic heterocycles. The third kappa shape index (κ3) is 3.79. The summed E-state index contributed by atoms with van der Waals surface area (Å²) in [6, 6.07) is 12.9. The number of hydrogen-bond acceptors (Lipinski definition) is 3. The van der Waals surface area contributed by atoms with Crippen molar-refractivity contribution in [2.75, 3.05) is 5.32 Å². The SMILES string of the molecule is Cc1cc(NCc2cccc(Br)c2)cc([N+](=O)[O-])c1. The first-order chi connectivity index (χ1) is 9.04. The molecule has 0 aliphatic rings. The molecular formula is C14H13BrN2O2. The highest BCUT2D eigenvalue weighted by Gasteiger charge is 2.07. The van der Waals surface area contributed by atoms with Gasteiger partial charge in [-0.3, -0.25) is 10.1 Å². The van der Waals surface area contributed by atoms with Crippen LogP contribution in [-0.4, -0.2) is 4.92 Å². The van der Waals surface area contributed by atoms with Gasteiger partial charge in [0, 0.05) is 28.8 Å². The van der Waals surface area contributed by atoms with Crippen LogP contribution in [0.3, 0.4) is 0 Å². The lowest BCUT2D eigenvalue weighted by molar-refractivity contribution is -0.384. The lowest BCUT2D eigenvalue weighted by Crippen LogP contribution is -2.00. The molecule has 0 bridgehead atoms. The topological polar surface area (TPSA) is 55.2 Å². The number of non-ortho nitro benzene ring substituents is 1. The fourth-order valence-corrected chi connectivity index (χ4v) is 2.27. The maximum atomic E-state index is 10.8. The lowest BCUT2D eigenvalue weighted by Gasteiger charge is -2.08. The van der Waals surface area contributed by atoms with Gasteiger partial charge in [-0.15, -0.1) is 0 Å². The molecule has 0 radical (unpaired) electrons. The van der Waals surface area contributed by atoms with E-state index in [1.165, 1.54) is 0 Å². The Morgan fingerprint density at radius 3 is 2.74 bits per heavy atom. The number of nitrogens with zero attached hydrogens (tertiary/aromatic N) is 1. The van der Waals surface area contributed by atoms with Gasteiger partial charge in [-0.05, 0) is 36.2 Å². The molecule has 1 N–H and O–H groups in total. The van der Waals surface area contributed by atoms with Crippen LogP contribution >= 0.6 is 15.9 Å². The van der Waals surface area contributed by atoms with E-state index in [-0.39, 0.29) is 10.6 Å². The van der Waals surface area contributed by atoms with Crippen LogP contribution < -0.4 is 5.32 Å². The average molecular weight is 321 g/mol. The van der Waals surface area contributed by atoms with Crippen molar-refractivity contribution in [2.24, 2.45) is 0 Å². The van der Waals surface area contributed by atoms with Gasteiger partial charge in [0.25, 0.3) is 5.69 Å². The molecule has 0 saturated heterocycles. The molecule has 0 atom stereocenters. The minimum absolute atomic E-state index is 0.108. The van der Waals surface area contributed by atoms with E-state index in [0.29, 0.717) is 6.54 Å². The summed E-state index contributed by atoms with van der Waals surface area (Å²) in [7, 11) is 0. The van der Waals surface area contributed by atoms with Crippen molar-refractivity contribution in [3.8, 4) is 0 Å². The van der Waals surface area contributed by atoms with Crippen LogP contribution in [0.1, 0.15) is 11.1 Å². The zero-order chi connectivity index (χ0) is 13.8. The van der Waals surface area contributed by atoms with Gasteiger partial charge in [0.15, 0.2) is 0 Å². The van der Waals surface area contributed by atoms with Gasteiger partial charge < -0.3 is 5.32 Å². The highest BCUT2D eigenvalue weighted by Crippen LogP contribution is 2.21. The highest BCUT2D eigenvalue weighted by molar-refractivity contribution is 9.10. The van der Waals surface area contributed by atoms with Gasteiger partial charge in [0.2, 0.25) is 0 Å². The molecule has 98 valence electrons. The van der Waals surface area contributed by atoms with E-state index in [2.05, 4.69) is 21.2 Å². The first kappa shape index (κ1) is 13.5. The summed E-state index contributed by atoms with van der Waals surface area (Å²) in [5.74, 6) is 0. The lowest BCUT2D eigenvalue weighted by atomic mass is 10.2. The number of halogens is 1. The second-order valence-electron chi connectivity index (χ2n) is 4.30. The quantitative estimate of drug-likeness (QED) is 0.675. The number of nitrogens with one attached hydrogen (secondary N) is 1. The molecule has 2 aromatic rings. The Labute approximate surface area is 119 Å². The summed E-state index contributed by atoms with van der Waals surface area (Å²) in [6.07, 6.45) is 0. The predicted molar refractivity (Wildman–Crippen MR) is 79.3 cm³/mol. The zero-order valence-corrected chi connectivity index (χ0v) is 12.0. The monoisotopic (exact) mass is 320 g/mol. The minimum Gasteiger partial charge on any atom is -0.381 e. The molecule has 0 aromatic heterocycles. The van der Waals surface area contributed by atoms with Crippen molar-refractivity contribution in [2.45, 2.75) is 13.5 Å². The molecule has 0 unspecified atom stereocenters. The number of nitro benzene ring substituents is 1. The van der Waals surface area contributed by atoms with Gasteiger partial charge in [0.1, 0.15) is 0 Å². The van der Waals surface area contributed by atoms with E-state index in [0.717, 1.165) is 21.3 Å². The summed E-state index contributed by atoms with van der Waals surface area (Å²) < 4.78 is 1.02. The molecule has 0 aliphatic carbocycles. The average Bonchev–Trinajstić information content (AvgIpc) is 2.36. The molecule has 0 amide bonds. The Bertz CT molecular complexity index is 614. The maximum absolute atomic E-state index is 10.8. The first-order valence-electron chi connectivity index (χ1n) is 5.79. The van der Waals surface area contributed by atoms with Crippen LogP contribution in [0.4, 0.5) is 11.4 Å². The smallest absolute Gasteiger partial charge is 0.271 e. The van der Waals surface area contributed by atoms with Crippen LogP contribution in [0.25, 0.3) is 0 Å². The second-order valence-corrected chi connectivity index (χ2v) is 5.21. The molecule has 0 fully saturated rings. The summed E-state index contributed by atoms with van der Waals surface area (Å²) in [5.41, 5.74) is 2.84. The number of nitro groups is 1. The molecule has 4 nitrogen and oxygen atoms in total. The molecule has 2 aromatic carbocycles. The molecule has 0 saturated carbocycles. The highest BCUT2D eigenvalue weighted by atomic mass is 79.9. The fraction of sp³-hybridized carbons (Fsp3) is 0.143. The molecule has 5 heteroatoms. The Morgan fingerprint density at radius 2 is 2.05 bits per heavy atom. The number of aryl methyl sites for hydroxylation is 1. The second kappa shape index (κ2) is 5.84. The van der Waals surface area contributed by atoms with Gasteiger partial charge in [-0.1, -0.05) is 28.1 Å². The van der Waals surface area contributed by atoms with Crippen molar-refractivity contribution in [3.05, 3.63) is 68.2 Å². The Morgan fingerprint density at radius 1 is 1.26 bits per heavy atom. The third-order valence-corrected chi connectivity index (χ3v) is 3.15. The number of anilines is 1. The van der Waals surface area contributed by atoms with Crippen LogP contribution in [0.2, 0.25) is 0 Å². The Hall–Kier alpha value is -1.88. The summed E-state index contributed by atoms with van der Waals surface area (Å²) >= 11 is 3.41. The van der Waals surface area contributed by atoms with Crippen LogP contribution in [0.5, 0.6) is 0 Å². The maximum Gasteiger partial charge on any atom is 0.271 e. The number of hydrogen-bond donors (Lipinski definition) is 1. The van der Waals surface area contributed by atoms with E-state index >= 15 is 0 Å². The number of benzene rings is 2. The zero-order valence-electron chi connectivity index (χ0n) is 10.4. The van der Waals surface area contributed by atoms with E-state index in [9.17, 15) is 10.1 Å². The molecule has 19 heavy (non-hydrogen) atoms. The van der Waals surface area contributed by atoms with Crippen molar-refractivity contribution in [1.82, 2.24) is 0 Å². The normalized spacial score (nSPS) is 10.2. The first-order valence-corrected chi connectivity index (χ1v) is 6.58. The van der Waals surface area contributed by atoms with Gasteiger partial charge in [-0.25, -0.2) is 0 Å². The van der Waals surface area contributed by atoms with Crippen molar-refractivity contribution in [3.63, 3.8) is 0 Å². The summed E-state index contributed by atoms with van der Waals surface area (Å²) in [6.45, 7) is 2.47. The molecule has 2 rings (SSSR count). The van der Waals surface area contributed by atoms with Crippen molar-refractivity contribution >= 4 is 27.3 Å². The third-order valence-electron chi connectivity index (χ3n) is 2.66. The van der Waals surface area contributed by atoms with Gasteiger partial charge >= 0.3 is 0 Å². The Kier molecular flexibility index (Phi) is 4.16. The fourth-order valence-electron chi connectivity index (χ4n) is 1.82. The standard InChI is InChI=1S/C14H13BrN2O2/c1-10-5-13(8-14(6-10)17(18)19)16-9-11-3-2-4-12(15)7-11/h2-8,16H,9H2,1H3. The largest absolute Gasteiger partial charge is 0.381 e. The molecule has 0 spiro atoms. The van der Waals surface area contributed by atoms with E-state index in [1.807, 2.05) is 37.3 Å². The van der Waals surface area contributed by atoms with Crippen LogP contribution in [0.15, 0.2) is 46.9 Å².